The Morgan fingerprint density at radius 1 is 0.727 bits per heavy atom. The summed E-state index contributed by atoms with van der Waals surface area (Å²) in [4.78, 5) is 21.3. The van der Waals surface area contributed by atoms with Crippen LogP contribution in [0, 0.1) is 0 Å². The Balaban J connectivity index is 5.90. The van der Waals surface area contributed by atoms with Gasteiger partial charge in [-0.1, -0.05) is 0 Å². The molecule has 0 unspecified atom stereocenters. The lowest BCUT2D eigenvalue weighted by Gasteiger charge is -2.20. The smallest absolute Gasteiger partial charge is 0.332 e. The molecule has 0 heterocycles. The van der Waals surface area contributed by atoms with Crippen molar-refractivity contribution in [1.82, 2.24) is 0 Å². The molecule has 12 heteroatoms. The summed E-state index contributed by atoms with van der Waals surface area (Å²) in [6.07, 6.45) is -13.6. The summed E-state index contributed by atoms with van der Waals surface area (Å²) in [5, 5.41) is 17.1. The van der Waals surface area contributed by atoms with Crippen LogP contribution < -0.4 is 0 Å². The Morgan fingerprint density at radius 3 is 1.09 bits per heavy atom. The molecule has 0 saturated heterocycles. The second kappa shape index (κ2) is 6.92. The summed E-state index contributed by atoms with van der Waals surface area (Å²) in [5.41, 5.74) is -4.00. The molecule has 0 aromatic carbocycles. The molecule has 2 N–H and O–H groups in total. The molecule has 0 rings (SSSR count). The molecule has 128 valence electrons. The summed E-state index contributed by atoms with van der Waals surface area (Å²) in [7, 11) is 0. The highest BCUT2D eigenvalue weighted by Gasteiger charge is 2.47. The lowest BCUT2D eigenvalue weighted by atomic mass is 9.96. The van der Waals surface area contributed by atoms with E-state index in [-0.39, 0.29) is 0 Å². The van der Waals surface area contributed by atoms with Crippen molar-refractivity contribution in [2.45, 2.75) is 37.5 Å². The number of halogens is 8. The first-order chi connectivity index (χ1) is 9.72. The number of aliphatic carboxylic acids is 2. The highest BCUT2D eigenvalue weighted by molar-refractivity contribution is 5.99. The highest BCUT2D eigenvalue weighted by atomic mass is 19.3. The van der Waals surface area contributed by atoms with Gasteiger partial charge in [-0.25, -0.2) is 27.2 Å². The van der Waals surface area contributed by atoms with Gasteiger partial charge in [0.2, 0.25) is 0 Å². The van der Waals surface area contributed by atoms with Crippen molar-refractivity contribution < 1.29 is 54.9 Å². The minimum absolute atomic E-state index is 2.00. The van der Waals surface area contributed by atoms with Crippen LogP contribution in [-0.4, -0.2) is 46.8 Å². The van der Waals surface area contributed by atoms with Gasteiger partial charge in [0.25, 0.3) is 0 Å². The predicted octanol–water partition coefficient (Wildman–Crippen LogP) is 3.03. The first-order valence-electron chi connectivity index (χ1n) is 5.23. The van der Waals surface area contributed by atoms with Crippen molar-refractivity contribution >= 4 is 11.9 Å². The Kier molecular flexibility index (Phi) is 6.33. The largest absolute Gasteiger partial charge is 0.478 e. The van der Waals surface area contributed by atoms with Gasteiger partial charge in [-0.05, 0) is 0 Å². The SMILES string of the molecule is O=C(O)/C(CC(F)(F)C(F)F)=C(/CC(F)(F)C(F)F)C(=O)O. The average molecular weight is 344 g/mol. The number of carboxylic acid groups (broad SMARTS) is 2. The number of rotatable bonds is 8. The standard InChI is InChI=1S/C10H8F8O4/c11-7(12)9(15,16)1-3(5(19)20)4(6(21)22)2-10(17,18)8(13)14/h7-8H,1-2H2,(H,19,20)(H,21,22)/b4-3-. The number of hydrogen-bond acceptors (Lipinski definition) is 2. The number of hydrogen-bond donors (Lipinski definition) is 2. The summed E-state index contributed by atoms with van der Waals surface area (Å²) in [6, 6.07) is 0. The predicted molar refractivity (Wildman–Crippen MR) is 53.4 cm³/mol. The fourth-order valence-electron chi connectivity index (χ4n) is 1.25. The van der Waals surface area contributed by atoms with E-state index in [9.17, 15) is 44.7 Å². The normalized spacial score (nSPS) is 14.3. The maximum absolute atomic E-state index is 12.8. The number of alkyl halides is 8. The van der Waals surface area contributed by atoms with Crippen LogP contribution in [-0.2, 0) is 9.59 Å². The van der Waals surface area contributed by atoms with Gasteiger partial charge >= 0.3 is 36.6 Å². The second-order valence-electron chi connectivity index (χ2n) is 4.04. The fourth-order valence-corrected chi connectivity index (χ4v) is 1.25. The minimum Gasteiger partial charge on any atom is -0.478 e. The highest BCUT2D eigenvalue weighted by Crippen LogP contribution is 2.36. The molecule has 0 radical (unpaired) electrons. The molecule has 0 bridgehead atoms. The van der Waals surface area contributed by atoms with Crippen LogP contribution in [0.3, 0.4) is 0 Å². The van der Waals surface area contributed by atoms with Gasteiger partial charge < -0.3 is 10.2 Å². The molecule has 0 saturated carbocycles. The zero-order valence-electron chi connectivity index (χ0n) is 10.3. The van der Waals surface area contributed by atoms with Gasteiger partial charge in [0.15, 0.2) is 0 Å². The molecule has 0 spiro atoms. The Morgan fingerprint density at radius 2 is 0.955 bits per heavy atom. The summed E-state index contributed by atoms with van der Waals surface area (Å²) in [6.45, 7) is 0. The van der Waals surface area contributed by atoms with E-state index in [2.05, 4.69) is 0 Å². The van der Waals surface area contributed by atoms with E-state index in [0.717, 1.165) is 0 Å². The molecule has 0 aliphatic rings. The van der Waals surface area contributed by atoms with E-state index in [1.165, 1.54) is 0 Å². The quantitative estimate of drug-likeness (QED) is 0.524. The van der Waals surface area contributed by atoms with Crippen LogP contribution in [0.5, 0.6) is 0 Å². The van der Waals surface area contributed by atoms with Gasteiger partial charge in [0, 0.05) is 0 Å². The van der Waals surface area contributed by atoms with E-state index >= 15 is 0 Å². The third-order valence-corrected chi connectivity index (χ3v) is 2.34. The summed E-state index contributed by atoms with van der Waals surface area (Å²) >= 11 is 0. The molecular weight excluding hydrogens is 336 g/mol. The first-order valence-corrected chi connectivity index (χ1v) is 5.23. The van der Waals surface area contributed by atoms with E-state index in [1.54, 1.807) is 0 Å². The fraction of sp³-hybridized carbons (Fsp3) is 0.600. The van der Waals surface area contributed by atoms with Crippen molar-refractivity contribution in [3.63, 3.8) is 0 Å². The monoisotopic (exact) mass is 344 g/mol. The van der Waals surface area contributed by atoms with Crippen LogP contribution in [0.1, 0.15) is 12.8 Å². The van der Waals surface area contributed by atoms with Gasteiger partial charge in [-0.15, -0.1) is 0 Å². The molecule has 0 aromatic rings. The third kappa shape index (κ3) is 5.15. The van der Waals surface area contributed by atoms with Crippen LogP contribution in [0.4, 0.5) is 35.1 Å². The molecular formula is C10H8F8O4. The lowest BCUT2D eigenvalue weighted by molar-refractivity contribution is -0.146. The number of carbonyl (C=O) groups is 2. The molecule has 0 aliphatic heterocycles. The van der Waals surface area contributed by atoms with Crippen molar-refractivity contribution in [3.8, 4) is 0 Å². The summed E-state index contributed by atoms with van der Waals surface area (Å²) < 4.78 is 99.1. The van der Waals surface area contributed by atoms with Crippen molar-refractivity contribution in [2.24, 2.45) is 0 Å². The zero-order valence-corrected chi connectivity index (χ0v) is 10.3. The maximum Gasteiger partial charge on any atom is 0.332 e. The van der Waals surface area contributed by atoms with Gasteiger partial charge in [0.1, 0.15) is 0 Å². The Hall–Kier alpha value is -1.88. The van der Waals surface area contributed by atoms with Crippen molar-refractivity contribution in [2.75, 3.05) is 0 Å². The third-order valence-electron chi connectivity index (χ3n) is 2.34. The minimum atomic E-state index is -5.03. The van der Waals surface area contributed by atoms with E-state index in [4.69, 9.17) is 10.2 Å². The van der Waals surface area contributed by atoms with Gasteiger partial charge in [0.05, 0.1) is 24.0 Å². The molecule has 0 aromatic heterocycles. The van der Waals surface area contributed by atoms with Crippen LogP contribution in [0.2, 0.25) is 0 Å². The molecule has 22 heavy (non-hydrogen) atoms. The van der Waals surface area contributed by atoms with E-state index < -0.39 is 60.6 Å². The van der Waals surface area contributed by atoms with Gasteiger partial charge in [-0.2, -0.15) is 17.6 Å². The lowest BCUT2D eigenvalue weighted by Crippen LogP contribution is -2.32. The molecule has 0 fully saturated rings. The topological polar surface area (TPSA) is 74.6 Å². The van der Waals surface area contributed by atoms with Crippen molar-refractivity contribution in [3.05, 3.63) is 11.1 Å². The van der Waals surface area contributed by atoms with Crippen LogP contribution in [0.25, 0.3) is 0 Å². The van der Waals surface area contributed by atoms with Gasteiger partial charge in [-0.3, -0.25) is 0 Å². The average Bonchev–Trinajstić information content (AvgIpc) is 2.32. The second-order valence-corrected chi connectivity index (χ2v) is 4.04. The Labute approximate surface area is 117 Å². The molecule has 4 nitrogen and oxygen atoms in total. The molecule has 0 amide bonds. The molecule has 0 atom stereocenters. The van der Waals surface area contributed by atoms with Crippen LogP contribution >= 0.6 is 0 Å². The van der Waals surface area contributed by atoms with Crippen LogP contribution in [0.15, 0.2) is 11.1 Å². The van der Waals surface area contributed by atoms with E-state index in [1.807, 2.05) is 0 Å². The molecule has 0 aliphatic carbocycles. The maximum atomic E-state index is 12.8. The Bertz CT molecular complexity index is 430. The zero-order chi connectivity index (χ0) is 17.9. The first kappa shape index (κ1) is 20.1. The van der Waals surface area contributed by atoms with Crippen molar-refractivity contribution in [1.29, 1.82) is 0 Å². The number of carboxylic acids is 2. The summed E-state index contributed by atoms with van der Waals surface area (Å²) in [5.74, 6) is -15.1. The van der Waals surface area contributed by atoms with E-state index in [0.29, 0.717) is 0 Å².